The molecule has 88 valence electrons. The minimum Gasteiger partial charge on any atom is -0.468 e. The molecule has 0 aliphatic heterocycles. The molecule has 0 aliphatic carbocycles. The second-order valence-electron chi connectivity index (χ2n) is 4.02. The van der Waals surface area contributed by atoms with Crippen molar-refractivity contribution < 1.29 is 9.53 Å². The molecule has 0 radical (unpaired) electrons. The number of rotatable bonds is 5. The Bertz CT molecular complexity index is 337. The van der Waals surface area contributed by atoms with Gasteiger partial charge in [0.1, 0.15) is 5.54 Å². The molecule has 0 aromatic heterocycles. The molecule has 1 aromatic rings. The maximum atomic E-state index is 11.6. The summed E-state index contributed by atoms with van der Waals surface area (Å²) in [5.74, 6) is -0.217. The zero-order chi connectivity index (χ0) is 12.0. The molecule has 0 saturated carbocycles. The van der Waals surface area contributed by atoms with E-state index in [-0.39, 0.29) is 5.97 Å². The molecule has 0 aliphatic rings. The Labute approximate surface area is 96.8 Å². The number of esters is 1. The molecule has 0 bridgehead atoms. The van der Waals surface area contributed by atoms with E-state index in [1.54, 1.807) is 0 Å². The van der Waals surface area contributed by atoms with Gasteiger partial charge in [-0.1, -0.05) is 37.3 Å². The van der Waals surface area contributed by atoms with Gasteiger partial charge in [-0.2, -0.15) is 0 Å². The van der Waals surface area contributed by atoms with E-state index in [1.165, 1.54) is 7.11 Å². The number of hydrogen-bond donors (Lipinski definition) is 1. The Hall–Kier alpha value is -1.35. The first-order valence-corrected chi connectivity index (χ1v) is 5.49. The van der Waals surface area contributed by atoms with Crippen LogP contribution in [0.15, 0.2) is 30.3 Å². The molecular formula is C13H19NO2. The van der Waals surface area contributed by atoms with Crippen LogP contribution in [0.3, 0.4) is 0 Å². The fourth-order valence-corrected chi connectivity index (χ4v) is 1.46. The van der Waals surface area contributed by atoms with Crippen LogP contribution in [0.25, 0.3) is 0 Å². The molecule has 3 nitrogen and oxygen atoms in total. The summed E-state index contributed by atoms with van der Waals surface area (Å²) in [6.07, 6.45) is 0.701. The second kappa shape index (κ2) is 5.66. The van der Waals surface area contributed by atoms with Crippen molar-refractivity contribution in [2.45, 2.75) is 32.4 Å². The monoisotopic (exact) mass is 221 g/mol. The van der Waals surface area contributed by atoms with Crippen molar-refractivity contribution in [1.29, 1.82) is 0 Å². The van der Waals surface area contributed by atoms with E-state index in [4.69, 9.17) is 4.74 Å². The number of methoxy groups -OCH3 is 1. The van der Waals surface area contributed by atoms with E-state index in [0.29, 0.717) is 13.0 Å². The number of hydrogen-bond acceptors (Lipinski definition) is 3. The van der Waals surface area contributed by atoms with Crippen LogP contribution in [0.4, 0.5) is 0 Å². The van der Waals surface area contributed by atoms with Gasteiger partial charge in [-0.15, -0.1) is 0 Å². The third kappa shape index (κ3) is 3.07. The first kappa shape index (κ1) is 12.7. The average molecular weight is 221 g/mol. The molecule has 0 fully saturated rings. The zero-order valence-corrected chi connectivity index (χ0v) is 10.1. The van der Waals surface area contributed by atoms with Gasteiger partial charge in [-0.05, 0) is 18.9 Å². The number of benzene rings is 1. The minimum absolute atomic E-state index is 0.217. The Balaban J connectivity index is 2.62. The first-order chi connectivity index (χ1) is 7.62. The number of nitrogens with one attached hydrogen (secondary N) is 1. The second-order valence-corrected chi connectivity index (χ2v) is 4.02. The normalized spacial score (nSPS) is 14.2. The van der Waals surface area contributed by atoms with Gasteiger partial charge < -0.3 is 4.74 Å². The summed E-state index contributed by atoms with van der Waals surface area (Å²) in [6, 6.07) is 10.0. The van der Waals surface area contributed by atoms with Crippen molar-refractivity contribution >= 4 is 5.97 Å². The van der Waals surface area contributed by atoms with Gasteiger partial charge in [0.15, 0.2) is 0 Å². The molecule has 0 heterocycles. The van der Waals surface area contributed by atoms with E-state index in [1.807, 2.05) is 44.2 Å². The summed E-state index contributed by atoms with van der Waals surface area (Å²) in [5, 5.41) is 3.24. The maximum absolute atomic E-state index is 11.6. The summed E-state index contributed by atoms with van der Waals surface area (Å²) in [6.45, 7) is 4.50. The highest BCUT2D eigenvalue weighted by Crippen LogP contribution is 2.12. The predicted molar refractivity (Wildman–Crippen MR) is 64.0 cm³/mol. The third-order valence-corrected chi connectivity index (χ3v) is 2.87. The number of ether oxygens (including phenoxy) is 1. The maximum Gasteiger partial charge on any atom is 0.325 e. The summed E-state index contributed by atoms with van der Waals surface area (Å²) < 4.78 is 4.79. The molecule has 3 heteroatoms. The topological polar surface area (TPSA) is 38.3 Å². The Kier molecular flexibility index (Phi) is 4.50. The minimum atomic E-state index is -0.607. The van der Waals surface area contributed by atoms with Gasteiger partial charge in [0, 0.05) is 6.54 Å². The lowest BCUT2D eigenvalue weighted by atomic mass is 9.98. The van der Waals surface area contributed by atoms with Gasteiger partial charge >= 0.3 is 5.97 Å². The van der Waals surface area contributed by atoms with E-state index < -0.39 is 5.54 Å². The smallest absolute Gasteiger partial charge is 0.325 e. The van der Waals surface area contributed by atoms with Gasteiger partial charge in [0.05, 0.1) is 7.11 Å². The van der Waals surface area contributed by atoms with Crippen LogP contribution in [-0.4, -0.2) is 18.6 Å². The lowest BCUT2D eigenvalue weighted by Crippen LogP contribution is -2.49. The van der Waals surface area contributed by atoms with E-state index in [9.17, 15) is 4.79 Å². The van der Waals surface area contributed by atoms with Crippen LogP contribution in [-0.2, 0) is 16.1 Å². The molecule has 0 spiro atoms. The molecule has 1 atom stereocenters. The van der Waals surface area contributed by atoms with E-state index in [2.05, 4.69) is 5.32 Å². The fourth-order valence-electron chi connectivity index (χ4n) is 1.46. The van der Waals surface area contributed by atoms with Crippen molar-refractivity contribution in [3.8, 4) is 0 Å². The molecule has 1 aromatic carbocycles. The SMILES string of the molecule is CCC(C)(NCc1ccccc1)C(=O)OC. The highest BCUT2D eigenvalue weighted by molar-refractivity contribution is 5.80. The fraction of sp³-hybridized carbons (Fsp3) is 0.462. The molecular weight excluding hydrogens is 202 g/mol. The average Bonchev–Trinajstić information content (AvgIpc) is 2.36. The quantitative estimate of drug-likeness (QED) is 0.774. The highest BCUT2D eigenvalue weighted by Gasteiger charge is 2.31. The van der Waals surface area contributed by atoms with Crippen molar-refractivity contribution in [2.75, 3.05) is 7.11 Å². The van der Waals surface area contributed by atoms with Crippen LogP contribution >= 0.6 is 0 Å². The van der Waals surface area contributed by atoms with Gasteiger partial charge in [-0.3, -0.25) is 10.1 Å². The lowest BCUT2D eigenvalue weighted by Gasteiger charge is -2.26. The first-order valence-electron chi connectivity index (χ1n) is 5.49. The summed E-state index contributed by atoms with van der Waals surface area (Å²) in [7, 11) is 1.42. The molecule has 1 rings (SSSR count). The van der Waals surface area contributed by atoms with E-state index in [0.717, 1.165) is 5.56 Å². The van der Waals surface area contributed by atoms with Gasteiger partial charge in [0.2, 0.25) is 0 Å². The van der Waals surface area contributed by atoms with Crippen molar-refractivity contribution in [3.63, 3.8) is 0 Å². The molecule has 16 heavy (non-hydrogen) atoms. The van der Waals surface area contributed by atoms with Crippen LogP contribution in [0, 0.1) is 0 Å². The van der Waals surface area contributed by atoms with Crippen molar-refractivity contribution in [2.24, 2.45) is 0 Å². The molecule has 1 unspecified atom stereocenters. The van der Waals surface area contributed by atoms with Crippen molar-refractivity contribution in [1.82, 2.24) is 5.32 Å². The summed E-state index contributed by atoms with van der Waals surface area (Å²) in [4.78, 5) is 11.6. The van der Waals surface area contributed by atoms with Gasteiger partial charge in [-0.25, -0.2) is 0 Å². The Morgan fingerprint density at radius 1 is 1.38 bits per heavy atom. The number of carbonyl (C=O) groups excluding carboxylic acids is 1. The largest absolute Gasteiger partial charge is 0.468 e. The standard InChI is InChI=1S/C13H19NO2/c1-4-13(2,12(15)16-3)14-10-11-8-6-5-7-9-11/h5-9,14H,4,10H2,1-3H3. The summed E-state index contributed by atoms with van der Waals surface area (Å²) in [5.41, 5.74) is 0.552. The van der Waals surface area contributed by atoms with Crippen LogP contribution in [0.2, 0.25) is 0 Å². The molecule has 0 amide bonds. The molecule has 1 N–H and O–H groups in total. The van der Waals surface area contributed by atoms with Gasteiger partial charge in [0.25, 0.3) is 0 Å². The Morgan fingerprint density at radius 3 is 2.50 bits per heavy atom. The third-order valence-electron chi connectivity index (χ3n) is 2.87. The van der Waals surface area contributed by atoms with Crippen LogP contribution in [0.5, 0.6) is 0 Å². The van der Waals surface area contributed by atoms with Crippen molar-refractivity contribution in [3.05, 3.63) is 35.9 Å². The highest BCUT2D eigenvalue weighted by atomic mass is 16.5. The lowest BCUT2D eigenvalue weighted by molar-refractivity contribution is -0.148. The number of carbonyl (C=O) groups is 1. The zero-order valence-electron chi connectivity index (χ0n) is 10.1. The predicted octanol–water partition coefficient (Wildman–Crippen LogP) is 2.12. The van der Waals surface area contributed by atoms with Crippen LogP contribution < -0.4 is 5.32 Å². The Morgan fingerprint density at radius 2 is 2.00 bits per heavy atom. The molecule has 0 saturated heterocycles. The van der Waals surface area contributed by atoms with Crippen LogP contribution in [0.1, 0.15) is 25.8 Å². The summed E-state index contributed by atoms with van der Waals surface area (Å²) >= 11 is 0. The van der Waals surface area contributed by atoms with E-state index >= 15 is 0 Å².